The lowest BCUT2D eigenvalue weighted by molar-refractivity contribution is 0.213. The molecule has 2 rings (SSSR count). The summed E-state index contributed by atoms with van der Waals surface area (Å²) in [6, 6.07) is 10.2. The van der Waals surface area contributed by atoms with E-state index in [2.05, 4.69) is 69.3 Å². The second kappa shape index (κ2) is 6.73. The molecule has 0 aromatic heterocycles. The van der Waals surface area contributed by atoms with E-state index < -0.39 is 0 Å². The third kappa shape index (κ3) is 3.83. The zero-order valence-corrected chi connectivity index (χ0v) is 13.7. The predicted molar refractivity (Wildman–Crippen MR) is 87.1 cm³/mol. The first-order valence-corrected chi connectivity index (χ1v) is 8.00. The highest BCUT2D eigenvalue weighted by Crippen LogP contribution is 2.35. The number of nitrogens with one attached hydrogen (secondary N) is 1. The van der Waals surface area contributed by atoms with Crippen LogP contribution in [0.1, 0.15) is 56.7 Å². The Labute approximate surface area is 124 Å². The van der Waals surface area contributed by atoms with E-state index in [1.54, 1.807) is 0 Å². The summed E-state index contributed by atoms with van der Waals surface area (Å²) in [6.07, 6.45) is 2.83. The van der Waals surface area contributed by atoms with Crippen molar-refractivity contribution in [1.82, 2.24) is 10.2 Å². The maximum Gasteiger partial charge on any atom is 0.0446 e. The highest BCUT2D eigenvalue weighted by atomic mass is 15.2. The molecule has 1 aliphatic rings. The average Bonchev–Trinajstić information content (AvgIpc) is 3.28. The fourth-order valence-corrected chi connectivity index (χ4v) is 2.87. The monoisotopic (exact) mass is 274 g/mol. The van der Waals surface area contributed by atoms with E-state index >= 15 is 0 Å². The van der Waals surface area contributed by atoms with Crippen molar-refractivity contribution >= 4 is 0 Å². The van der Waals surface area contributed by atoms with Crippen LogP contribution >= 0.6 is 0 Å². The summed E-state index contributed by atoms with van der Waals surface area (Å²) >= 11 is 0. The normalized spacial score (nSPS) is 18.6. The molecule has 1 aromatic carbocycles. The van der Waals surface area contributed by atoms with Crippen LogP contribution in [0.2, 0.25) is 0 Å². The van der Waals surface area contributed by atoms with Crippen LogP contribution in [0.4, 0.5) is 0 Å². The Morgan fingerprint density at radius 2 is 1.65 bits per heavy atom. The molecule has 2 unspecified atom stereocenters. The van der Waals surface area contributed by atoms with E-state index in [1.165, 1.54) is 24.0 Å². The lowest BCUT2D eigenvalue weighted by Gasteiger charge is -2.29. The van der Waals surface area contributed by atoms with E-state index in [1.807, 2.05) is 0 Å². The van der Waals surface area contributed by atoms with Crippen LogP contribution in [0.5, 0.6) is 0 Å². The molecule has 1 saturated carbocycles. The van der Waals surface area contributed by atoms with Crippen LogP contribution in [0.3, 0.4) is 0 Å². The first-order chi connectivity index (χ1) is 9.52. The zero-order chi connectivity index (χ0) is 14.7. The van der Waals surface area contributed by atoms with Gasteiger partial charge < -0.3 is 10.2 Å². The van der Waals surface area contributed by atoms with Gasteiger partial charge in [-0.2, -0.15) is 0 Å². The second-order valence-electron chi connectivity index (χ2n) is 6.68. The lowest BCUT2D eigenvalue weighted by Crippen LogP contribution is -2.37. The van der Waals surface area contributed by atoms with Crippen molar-refractivity contribution in [3.63, 3.8) is 0 Å². The molecule has 0 saturated heterocycles. The third-order valence-corrected chi connectivity index (χ3v) is 4.82. The van der Waals surface area contributed by atoms with Crippen molar-refractivity contribution < 1.29 is 0 Å². The summed E-state index contributed by atoms with van der Waals surface area (Å²) in [6.45, 7) is 7.94. The van der Waals surface area contributed by atoms with Crippen LogP contribution < -0.4 is 5.32 Å². The van der Waals surface area contributed by atoms with Gasteiger partial charge in [0.1, 0.15) is 0 Å². The van der Waals surface area contributed by atoms with Gasteiger partial charge in [0.15, 0.2) is 0 Å². The molecule has 1 aromatic rings. The van der Waals surface area contributed by atoms with Gasteiger partial charge in [0, 0.05) is 18.6 Å². The number of benzene rings is 1. The molecule has 0 spiro atoms. The van der Waals surface area contributed by atoms with Gasteiger partial charge in [-0.3, -0.25) is 0 Å². The van der Waals surface area contributed by atoms with Gasteiger partial charge in [-0.1, -0.05) is 38.1 Å². The summed E-state index contributed by atoms with van der Waals surface area (Å²) in [5.41, 5.74) is 2.81. The molecular formula is C18H30N2. The van der Waals surface area contributed by atoms with E-state index in [0.717, 1.165) is 12.5 Å². The lowest BCUT2D eigenvalue weighted by atomic mass is 9.98. The van der Waals surface area contributed by atoms with Gasteiger partial charge in [-0.05, 0) is 56.8 Å². The van der Waals surface area contributed by atoms with Crippen molar-refractivity contribution in [1.29, 1.82) is 0 Å². The highest BCUT2D eigenvalue weighted by Gasteiger charge is 2.31. The van der Waals surface area contributed by atoms with Gasteiger partial charge in [-0.15, -0.1) is 0 Å². The van der Waals surface area contributed by atoms with Crippen molar-refractivity contribution in [2.45, 2.75) is 51.6 Å². The molecule has 2 atom stereocenters. The van der Waals surface area contributed by atoms with E-state index in [9.17, 15) is 0 Å². The fraction of sp³-hybridized carbons (Fsp3) is 0.667. The molecule has 20 heavy (non-hydrogen) atoms. The Morgan fingerprint density at radius 3 is 2.10 bits per heavy atom. The fourth-order valence-electron chi connectivity index (χ4n) is 2.87. The number of hydrogen-bond donors (Lipinski definition) is 1. The molecule has 2 heteroatoms. The Hall–Kier alpha value is -0.860. The first kappa shape index (κ1) is 15.5. The standard InChI is InChI=1S/C18H30N2/c1-13(2)15-6-10-17(11-7-15)18(19-4)12-20(5)14(3)16-8-9-16/h6-7,10-11,13-14,16,18-19H,8-9,12H2,1-5H3. The Morgan fingerprint density at radius 1 is 1.10 bits per heavy atom. The maximum atomic E-state index is 3.47. The molecule has 112 valence electrons. The topological polar surface area (TPSA) is 15.3 Å². The van der Waals surface area contributed by atoms with Gasteiger partial charge in [-0.25, -0.2) is 0 Å². The number of nitrogens with zero attached hydrogens (tertiary/aromatic N) is 1. The molecular weight excluding hydrogens is 244 g/mol. The quantitative estimate of drug-likeness (QED) is 0.813. The summed E-state index contributed by atoms with van der Waals surface area (Å²) < 4.78 is 0. The minimum Gasteiger partial charge on any atom is -0.312 e. The molecule has 0 aliphatic heterocycles. The van der Waals surface area contributed by atoms with Crippen LogP contribution in [0.25, 0.3) is 0 Å². The van der Waals surface area contributed by atoms with E-state index in [4.69, 9.17) is 0 Å². The predicted octanol–water partition coefficient (Wildman–Crippen LogP) is 3.80. The number of likely N-dealkylation sites (N-methyl/N-ethyl adjacent to an activating group) is 2. The van der Waals surface area contributed by atoms with Crippen LogP contribution in [-0.4, -0.2) is 31.6 Å². The largest absolute Gasteiger partial charge is 0.312 e. The van der Waals surface area contributed by atoms with Crippen molar-refractivity contribution in [2.75, 3.05) is 20.6 Å². The summed E-state index contributed by atoms with van der Waals surface area (Å²) in [5, 5.41) is 3.47. The number of rotatable bonds is 7. The molecule has 2 nitrogen and oxygen atoms in total. The summed E-state index contributed by atoms with van der Waals surface area (Å²) in [7, 11) is 4.33. The smallest absolute Gasteiger partial charge is 0.0446 e. The van der Waals surface area contributed by atoms with E-state index in [-0.39, 0.29) is 0 Å². The second-order valence-corrected chi connectivity index (χ2v) is 6.68. The zero-order valence-electron chi connectivity index (χ0n) is 13.7. The SMILES string of the molecule is CNC(CN(C)C(C)C1CC1)c1ccc(C(C)C)cc1. The third-order valence-electron chi connectivity index (χ3n) is 4.82. The van der Waals surface area contributed by atoms with Crippen molar-refractivity contribution in [3.05, 3.63) is 35.4 Å². The minimum atomic E-state index is 0.419. The summed E-state index contributed by atoms with van der Waals surface area (Å²) in [4.78, 5) is 2.51. The van der Waals surface area contributed by atoms with Crippen LogP contribution in [0, 0.1) is 5.92 Å². The molecule has 0 bridgehead atoms. The van der Waals surface area contributed by atoms with E-state index in [0.29, 0.717) is 18.0 Å². The molecule has 1 N–H and O–H groups in total. The van der Waals surface area contributed by atoms with Gasteiger partial charge in [0.2, 0.25) is 0 Å². The van der Waals surface area contributed by atoms with Gasteiger partial charge in [0.25, 0.3) is 0 Å². The Balaban J connectivity index is 1.99. The first-order valence-electron chi connectivity index (χ1n) is 8.00. The number of hydrogen-bond acceptors (Lipinski definition) is 2. The van der Waals surface area contributed by atoms with Crippen LogP contribution in [-0.2, 0) is 0 Å². The van der Waals surface area contributed by atoms with Crippen molar-refractivity contribution in [3.8, 4) is 0 Å². The van der Waals surface area contributed by atoms with Crippen LogP contribution in [0.15, 0.2) is 24.3 Å². The molecule has 0 amide bonds. The Kier molecular flexibility index (Phi) is 5.22. The maximum absolute atomic E-state index is 3.47. The molecule has 1 aliphatic carbocycles. The summed E-state index contributed by atoms with van der Waals surface area (Å²) in [5.74, 6) is 1.54. The highest BCUT2D eigenvalue weighted by molar-refractivity contribution is 5.27. The molecule has 1 fully saturated rings. The van der Waals surface area contributed by atoms with Crippen molar-refractivity contribution in [2.24, 2.45) is 5.92 Å². The van der Waals surface area contributed by atoms with Gasteiger partial charge >= 0.3 is 0 Å². The minimum absolute atomic E-state index is 0.419. The average molecular weight is 274 g/mol. The van der Waals surface area contributed by atoms with Gasteiger partial charge in [0.05, 0.1) is 0 Å². The molecule has 0 heterocycles. The molecule has 0 radical (unpaired) electrons. The Bertz CT molecular complexity index is 406.